The average Bonchev–Trinajstić information content (AvgIpc) is 2.84. The van der Waals surface area contributed by atoms with Crippen molar-refractivity contribution >= 4 is 0 Å². The molecule has 1 atom stereocenters. The third-order valence-electron chi connectivity index (χ3n) is 3.25. The minimum atomic E-state index is 0.0143. The van der Waals surface area contributed by atoms with Crippen LogP contribution >= 0.6 is 0 Å². The van der Waals surface area contributed by atoms with Crippen molar-refractivity contribution in [2.45, 2.75) is 39.3 Å². The molecule has 0 amide bonds. The zero-order chi connectivity index (χ0) is 13.0. The Bertz CT molecular complexity index is 502. The van der Waals surface area contributed by atoms with Crippen molar-refractivity contribution < 1.29 is 0 Å². The van der Waals surface area contributed by atoms with Crippen LogP contribution in [0.25, 0.3) is 0 Å². The lowest BCUT2D eigenvalue weighted by molar-refractivity contribution is 0.567. The molecule has 3 heteroatoms. The summed E-state index contributed by atoms with van der Waals surface area (Å²) in [7, 11) is 0. The predicted octanol–water partition coefficient (Wildman–Crippen LogP) is 2.84. The zero-order valence-corrected chi connectivity index (χ0v) is 11.1. The minimum Gasteiger partial charge on any atom is -0.334 e. The molecule has 1 unspecified atom stereocenters. The van der Waals surface area contributed by atoms with Gasteiger partial charge in [-0.15, -0.1) is 0 Å². The molecule has 0 spiro atoms. The molecule has 1 aromatic heterocycles. The van der Waals surface area contributed by atoms with Crippen LogP contribution in [-0.2, 0) is 13.0 Å². The summed E-state index contributed by atoms with van der Waals surface area (Å²) in [6.07, 6.45) is 5.74. The van der Waals surface area contributed by atoms with Crippen LogP contribution in [0.3, 0.4) is 0 Å². The summed E-state index contributed by atoms with van der Waals surface area (Å²) < 4.78 is 2.11. The van der Waals surface area contributed by atoms with Gasteiger partial charge in [-0.05, 0) is 32.3 Å². The van der Waals surface area contributed by atoms with Crippen molar-refractivity contribution in [3.8, 4) is 0 Å². The number of aromatic nitrogens is 2. The Hall–Kier alpha value is -1.61. The molecule has 2 N–H and O–H groups in total. The molecule has 0 saturated heterocycles. The standard InChI is InChI=1S/C15H21N3/c1-3-18-10-9-17-15(18)14(16)8-7-13-6-4-5-12(2)11-13/h4-6,9-11,14H,3,7-8,16H2,1-2H3. The summed E-state index contributed by atoms with van der Waals surface area (Å²) in [5.41, 5.74) is 8.87. The Morgan fingerprint density at radius 2 is 2.22 bits per heavy atom. The van der Waals surface area contributed by atoms with Crippen molar-refractivity contribution in [2.24, 2.45) is 5.73 Å². The van der Waals surface area contributed by atoms with Crippen LogP contribution in [-0.4, -0.2) is 9.55 Å². The van der Waals surface area contributed by atoms with Gasteiger partial charge in [0.05, 0.1) is 6.04 Å². The van der Waals surface area contributed by atoms with Crippen LogP contribution < -0.4 is 5.73 Å². The molecule has 96 valence electrons. The molecule has 0 aliphatic heterocycles. The second-order valence-corrected chi connectivity index (χ2v) is 4.71. The molecule has 2 aromatic rings. The molecule has 18 heavy (non-hydrogen) atoms. The third-order valence-corrected chi connectivity index (χ3v) is 3.25. The van der Waals surface area contributed by atoms with Crippen molar-refractivity contribution in [3.63, 3.8) is 0 Å². The van der Waals surface area contributed by atoms with Gasteiger partial charge in [-0.3, -0.25) is 0 Å². The van der Waals surface area contributed by atoms with Gasteiger partial charge in [0.1, 0.15) is 5.82 Å². The number of nitrogens with zero attached hydrogens (tertiary/aromatic N) is 2. The number of rotatable bonds is 5. The molecule has 0 bridgehead atoms. The van der Waals surface area contributed by atoms with Crippen molar-refractivity contribution in [1.29, 1.82) is 0 Å². The van der Waals surface area contributed by atoms with E-state index in [-0.39, 0.29) is 6.04 Å². The van der Waals surface area contributed by atoms with E-state index in [1.807, 2.05) is 12.4 Å². The second kappa shape index (κ2) is 5.83. The van der Waals surface area contributed by atoms with Crippen LogP contribution in [0.15, 0.2) is 36.7 Å². The molecule has 0 aliphatic rings. The monoisotopic (exact) mass is 243 g/mol. The van der Waals surface area contributed by atoms with E-state index in [0.717, 1.165) is 25.2 Å². The number of imidazole rings is 1. The van der Waals surface area contributed by atoms with E-state index in [1.54, 1.807) is 0 Å². The van der Waals surface area contributed by atoms with Crippen molar-refractivity contribution in [1.82, 2.24) is 9.55 Å². The summed E-state index contributed by atoms with van der Waals surface area (Å²) in [5.74, 6) is 0.991. The van der Waals surface area contributed by atoms with E-state index in [0.29, 0.717) is 0 Å². The molecule has 2 rings (SSSR count). The van der Waals surface area contributed by atoms with Gasteiger partial charge in [0.2, 0.25) is 0 Å². The third kappa shape index (κ3) is 2.99. The molecule has 1 heterocycles. The summed E-state index contributed by atoms with van der Waals surface area (Å²) >= 11 is 0. The maximum Gasteiger partial charge on any atom is 0.125 e. The highest BCUT2D eigenvalue weighted by molar-refractivity contribution is 5.22. The molecule has 0 aliphatic carbocycles. The topological polar surface area (TPSA) is 43.8 Å². The lowest BCUT2D eigenvalue weighted by Gasteiger charge is -2.13. The molecule has 0 saturated carbocycles. The highest BCUT2D eigenvalue weighted by Crippen LogP contribution is 2.16. The quantitative estimate of drug-likeness (QED) is 0.877. The van der Waals surface area contributed by atoms with Crippen LogP contribution in [0.4, 0.5) is 0 Å². The molecular weight excluding hydrogens is 222 g/mol. The van der Waals surface area contributed by atoms with E-state index in [2.05, 4.69) is 47.7 Å². The number of nitrogens with two attached hydrogens (primary N) is 1. The fraction of sp³-hybridized carbons (Fsp3) is 0.400. The normalized spacial score (nSPS) is 12.6. The lowest BCUT2D eigenvalue weighted by Crippen LogP contribution is -2.17. The van der Waals surface area contributed by atoms with Crippen LogP contribution in [0.5, 0.6) is 0 Å². The largest absolute Gasteiger partial charge is 0.334 e. The SMILES string of the molecule is CCn1ccnc1C(N)CCc1cccc(C)c1. The Kier molecular flexibility index (Phi) is 4.15. The van der Waals surface area contributed by atoms with Gasteiger partial charge < -0.3 is 10.3 Å². The Morgan fingerprint density at radius 1 is 1.39 bits per heavy atom. The maximum atomic E-state index is 6.22. The van der Waals surface area contributed by atoms with E-state index in [4.69, 9.17) is 5.73 Å². The summed E-state index contributed by atoms with van der Waals surface area (Å²) in [6, 6.07) is 8.61. The number of hydrogen-bond acceptors (Lipinski definition) is 2. The molecule has 0 fully saturated rings. The highest BCUT2D eigenvalue weighted by Gasteiger charge is 2.11. The molecule has 0 radical (unpaired) electrons. The predicted molar refractivity (Wildman–Crippen MR) is 74.3 cm³/mol. The van der Waals surface area contributed by atoms with E-state index < -0.39 is 0 Å². The Morgan fingerprint density at radius 3 is 2.94 bits per heavy atom. The van der Waals surface area contributed by atoms with Crippen LogP contribution in [0.2, 0.25) is 0 Å². The molecular formula is C15H21N3. The summed E-state index contributed by atoms with van der Waals surface area (Å²) in [6.45, 7) is 5.15. The average molecular weight is 243 g/mol. The van der Waals surface area contributed by atoms with Crippen molar-refractivity contribution in [2.75, 3.05) is 0 Å². The van der Waals surface area contributed by atoms with Gasteiger partial charge in [0.25, 0.3) is 0 Å². The first-order valence-corrected chi connectivity index (χ1v) is 6.53. The number of aryl methyl sites for hydroxylation is 3. The summed E-state index contributed by atoms with van der Waals surface area (Å²) in [4.78, 5) is 4.35. The van der Waals surface area contributed by atoms with Crippen LogP contribution in [0, 0.1) is 6.92 Å². The Labute approximate surface area is 109 Å². The van der Waals surface area contributed by atoms with E-state index >= 15 is 0 Å². The van der Waals surface area contributed by atoms with Gasteiger partial charge in [-0.2, -0.15) is 0 Å². The van der Waals surface area contributed by atoms with Gasteiger partial charge >= 0.3 is 0 Å². The highest BCUT2D eigenvalue weighted by atomic mass is 15.1. The first kappa shape index (κ1) is 12.8. The van der Waals surface area contributed by atoms with E-state index in [9.17, 15) is 0 Å². The first-order chi connectivity index (χ1) is 8.70. The second-order valence-electron chi connectivity index (χ2n) is 4.71. The van der Waals surface area contributed by atoms with Gasteiger partial charge in [-0.1, -0.05) is 29.8 Å². The fourth-order valence-electron chi connectivity index (χ4n) is 2.24. The maximum absolute atomic E-state index is 6.22. The van der Waals surface area contributed by atoms with Gasteiger partial charge in [0, 0.05) is 18.9 Å². The molecule has 3 nitrogen and oxygen atoms in total. The fourth-order valence-corrected chi connectivity index (χ4v) is 2.24. The van der Waals surface area contributed by atoms with Crippen LogP contribution in [0.1, 0.15) is 36.3 Å². The Balaban J connectivity index is 1.98. The summed E-state index contributed by atoms with van der Waals surface area (Å²) in [5, 5.41) is 0. The van der Waals surface area contributed by atoms with Gasteiger partial charge in [0.15, 0.2) is 0 Å². The number of benzene rings is 1. The smallest absolute Gasteiger partial charge is 0.125 e. The van der Waals surface area contributed by atoms with E-state index in [1.165, 1.54) is 11.1 Å². The number of hydrogen-bond donors (Lipinski definition) is 1. The molecule has 1 aromatic carbocycles. The zero-order valence-electron chi connectivity index (χ0n) is 11.1. The lowest BCUT2D eigenvalue weighted by atomic mass is 10.0. The minimum absolute atomic E-state index is 0.0143. The first-order valence-electron chi connectivity index (χ1n) is 6.53. The van der Waals surface area contributed by atoms with Gasteiger partial charge in [-0.25, -0.2) is 4.98 Å². The van der Waals surface area contributed by atoms with Crippen molar-refractivity contribution in [3.05, 3.63) is 53.6 Å².